The Balaban J connectivity index is 1.96. The molecular formula is C7H10N4O2. The van der Waals surface area contributed by atoms with Crippen molar-refractivity contribution in [3.8, 4) is 0 Å². The molecule has 0 radical (unpaired) electrons. The van der Waals surface area contributed by atoms with Crippen molar-refractivity contribution in [1.29, 1.82) is 0 Å². The Kier molecular flexibility index (Phi) is 1.97. The van der Waals surface area contributed by atoms with Crippen molar-refractivity contribution in [2.24, 2.45) is 5.92 Å². The third kappa shape index (κ3) is 1.83. The number of amides is 1. The Bertz CT molecular complexity index is 318. The lowest BCUT2D eigenvalue weighted by molar-refractivity contribution is -0.117. The van der Waals surface area contributed by atoms with Crippen LogP contribution >= 0.6 is 0 Å². The van der Waals surface area contributed by atoms with E-state index in [2.05, 4.69) is 20.5 Å². The lowest BCUT2D eigenvalue weighted by Crippen LogP contribution is -2.14. The molecule has 0 bridgehead atoms. The zero-order chi connectivity index (χ0) is 9.26. The van der Waals surface area contributed by atoms with Crippen molar-refractivity contribution in [1.82, 2.24) is 15.2 Å². The molecule has 13 heavy (non-hydrogen) atoms. The number of aliphatic hydroxyl groups excluding tert-OH is 1. The Morgan fingerprint density at radius 3 is 3.00 bits per heavy atom. The molecule has 0 atom stereocenters. The Morgan fingerprint density at radius 1 is 1.69 bits per heavy atom. The van der Waals surface area contributed by atoms with Gasteiger partial charge in [-0.25, -0.2) is 0 Å². The molecular weight excluding hydrogens is 172 g/mol. The Morgan fingerprint density at radius 2 is 2.46 bits per heavy atom. The van der Waals surface area contributed by atoms with Gasteiger partial charge < -0.3 is 5.11 Å². The lowest BCUT2D eigenvalue weighted by atomic mass is 10.4. The number of hydrogen-bond acceptors (Lipinski definition) is 4. The maximum absolute atomic E-state index is 11.2. The molecule has 3 N–H and O–H groups in total. The van der Waals surface area contributed by atoms with E-state index in [0.29, 0.717) is 5.82 Å². The van der Waals surface area contributed by atoms with Gasteiger partial charge in [-0.2, -0.15) is 4.98 Å². The monoisotopic (exact) mass is 182 g/mol. The number of rotatable bonds is 3. The average Bonchev–Trinajstić information content (AvgIpc) is 2.88. The molecule has 0 aromatic carbocycles. The first-order valence-corrected chi connectivity index (χ1v) is 4.12. The van der Waals surface area contributed by atoms with Crippen LogP contribution in [0.15, 0.2) is 0 Å². The summed E-state index contributed by atoms with van der Waals surface area (Å²) in [6.07, 6.45) is 1.90. The van der Waals surface area contributed by atoms with Gasteiger partial charge in [0.15, 0.2) is 5.82 Å². The van der Waals surface area contributed by atoms with Crippen molar-refractivity contribution in [2.75, 3.05) is 5.32 Å². The summed E-state index contributed by atoms with van der Waals surface area (Å²) in [6, 6.07) is 0. The van der Waals surface area contributed by atoms with E-state index in [4.69, 9.17) is 5.11 Å². The standard InChI is InChI=1S/C7H10N4O2/c12-3-5-8-7(11-10-5)9-6(13)4-1-2-4/h4,12H,1-3H2,(H2,8,9,10,11,13). The minimum Gasteiger partial charge on any atom is -0.388 e. The average molecular weight is 182 g/mol. The van der Waals surface area contributed by atoms with Crippen LogP contribution in [-0.4, -0.2) is 26.2 Å². The van der Waals surface area contributed by atoms with Crippen LogP contribution in [0.3, 0.4) is 0 Å². The predicted octanol–water partition coefficient (Wildman–Crippen LogP) is -0.355. The number of carbonyl (C=O) groups is 1. The number of hydrogen-bond donors (Lipinski definition) is 3. The smallest absolute Gasteiger partial charge is 0.248 e. The topological polar surface area (TPSA) is 90.9 Å². The highest BCUT2D eigenvalue weighted by molar-refractivity contribution is 5.92. The molecule has 1 aromatic heterocycles. The molecule has 0 saturated heterocycles. The van der Waals surface area contributed by atoms with Gasteiger partial charge in [0.2, 0.25) is 11.9 Å². The summed E-state index contributed by atoms with van der Waals surface area (Å²) in [4.78, 5) is 15.0. The largest absolute Gasteiger partial charge is 0.388 e. The molecule has 6 nitrogen and oxygen atoms in total. The minimum absolute atomic E-state index is 0.0384. The highest BCUT2D eigenvalue weighted by Gasteiger charge is 2.30. The number of nitrogens with zero attached hydrogens (tertiary/aromatic N) is 2. The number of aromatic amines is 1. The fourth-order valence-electron chi connectivity index (χ4n) is 0.980. The maximum atomic E-state index is 11.2. The molecule has 0 unspecified atom stereocenters. The molecule has 1 aliphatic rings. The second-order valence-electron chi connectivity index (χ2n) is 3.03. The first-order valence-electron chi connectivity index (χ1n) is 4.12. The van der Waals surface area contributed by atoms with Gasteiger partial charge in [0.25, 0.3) is 0 Å². The first kappa shape index (κ1) is 8.18. The van der Waals surface area contributed by atoms with E-state index in [0.717, 1.165) is 12.8 Å². The third-order valence-corrected chi connectivity index (χ3v) is 1.86. The molecule has 1 heterocycles. The van der Waals surface area contributed by atoms with Crippen LogP contribution in [0.1, 0.15) is 18.7 Å². The molecule has 1 aromatic rings. The summed E-state index contributed by atoms with van der Waals surface area (Å²) < 4.78 is 0. The highest BCUT2D eigenvalue weighted by Crippen LogP contribution is 2.29. The predicted molar refractivity (Wildman–Crippen MR) is 43.7 cm³/mol. The normalized spacial score (nSPS) is 15.8. The maximum Gasteiger partial charge on any atom is 0.248 e. The molecule has 0 aliphatic heterocycles. The summed E-state index contributed by atoms with van der Waals surface area (Å²) in [6.45, 7) is -0.202. The van der Waals surface area contributed by atoms with Gasteiger partial charge in [0.05, 0.1) is 0 Å². The van der Waals surface area contributed by atoms with Crippen molar-refractivity contribution in [3.63, 3.8) is 0 Å². The number of carbonyl (C=O) groups excluding carboxylic acids is 1. The van der Waals surface area contributed by atoms with Crippen molar-refractivity contribution in [2.45, 2.75) is 19.4 Å². The number of aliphatic hydroxyl groups is 1. The summed E-state index contributed by atoms with van der Waals surface area (Å²) in [5, 5.41) is 17.4. The molecule has 70 valence electrons. The van der Waals surface area contributed by atoms with Crippen LogP contribution in [0.2, 0.25) is 0 Å². The number of nitrogens with one attached hydrogen (secondary N) is 2. The van der Waals surface area contributed by atoms with Crippen molar-refractivity contribution >= 4 is 11.9 Å². The molecule has 0 spiro atoms. The van der Waals surface area contributed by atoms with E-state index < -0.39 is 0 Å². The van der Waals surface area contributed by atoms with Gasteiger partial charge in [-0.15, -0.1) is 5.10 Å². The molecule has 1 amide bonds. The number of aromatic nitrogens is 3. The van der Waals surface area contributed by atoms with Gasteiger partial charge in [-0.3, -0.25) is 15.2 Å². The van der Waals surface area contributed by atoms with E-state index in [1.165, 1.54) is 0 Å². The molecule has 1 saturated carbocycles. The van der Waals surface area contributed by atoms with E-state index >= 15 is 0 Å². The Labute approximate surface area is 74.4 Å². The zero-order valence-electron chi connectivity index (χ0n) is 6.95. The van der Waals surface area contributed by atoms with Crippen LogP contribution in [0, 0.1) is 5.92 Å². The zero-order valence-corrected chi connectivity index (χ0v) is 6.95. The van der Waals surface area contributed by atoms with Gasteiger partial charge in [0.1, 0.15) is 6.61 Å². The van der Waals surface area contributed by atoms with Crippen LogP contribution in [-0.2, 0) is 11.4 Å². The van der Waals surface area contributed by atoms with E-state index in [-0.39, 0.29) is 24.4 Å². The van der Waals surface area contributed by atoms with E-state index in [9.17, 15) is 4.79 Å². The van der Waals surface area contributed by atoms with Gasteiger partial charge >= 0.3 is 0 Å². The van der Waals surface area contributed by atoms with Crippen molar-refractivity contribution in [3.05, 3.63) is 5.82 Å². The first-order chi connectivity index (χ1) is 6.29. The second kappa shape index (κ2) is 3.14. The fraction of sp³-hybridized carbons (Fsp3) is 0.571. The SMILES string of the molecule is O=C(Nc1n[nH]c(CO)n1)C1CC1. The summed E-state index contributed by atoms with van der Waals surface area (Å²) >= 11 is 0. The van der Waals surface area contributed by atoms with E-state index in [1.54, 1.807) is 0 Å². The molecule has 6 heteroatoms. The summed E-state index contributed by atoms with van der Waals surface area (Å²) in [5.41, 5.74) is 0. The van der Waals surface area contributed by atoms with Crippen LogP contribution in [0.4, 0.5) is 5.95 Å². The number of anilines is 1. The van der Waals surface area contributed by atoms with Gasteiger partial charge in [-0.1, -0.05) is 0 Å². The van der Waals surface area contributed by atoms with E-state index in [1.807, 2.05) is 0 Å². The third-order valence-electron chi connectivity index (χ3n) is 1.86. The van der Waals surface area contributed by atoms with Gasteiger partial charge in [-0.05, 0) is 12.8 Å². The minimum atomic E-state index is -0.202. The summed E-state index contributed by atoms with van der Waals surface area (Å²) in [5.74, 6) is 0.687. The van der Waals surface area contributed by atoms with Gasteiger partial charge in [0, 0.05) is 5.92 Å². The lowest BCUT2D eigenvalue weighted by Gasteiger charge is -1.95. The fourth-order valence-corrected chi connectivity index (χ4v) is 0.980. The quantitative estimate of drug-likeness (QED) is 0.595. The number of H-pyrrole nitrogens is 1. The summed E-state index contributed by atoms with van der Waals surface area (Å²) in [7, 11) is 0. The van der Waals surface area contributed by atoms with Crippen LogP contribution < -0.4 is 5.32 Å². The second-order valence-corrected chi connectivity index (χ2v) is 3.03. The Hall–Kier alpha value is -1.43. The molecule has 2 rings (SSSR count). The van der Waals surface area contributed by atoms with Crippen molar-refractivity contribution < 1.29 is 9.90 Å². The molecule has 1 fully saturated rings. The van der Waals surface area contributed by atoms with Crippen LogP contribution in [0.5, 0.6) is 0 Å². The molecule has 1 aliphatic carbocycles. The van der Waals surface area contributed by atoms with Crippen LogP contribution in [0.25, 0.3) is 0 Å². The highest BCUT2D eigenvalue weighted by atomic mass is 16.3.